The van der Waals surface area contributed by atoms with Crippen LogP contribution in [0.15, 0.2) is 36.4 Å². The number of benzene rings is 2. The summed E-state index contributed by atoms with van der Waals surface area (Å²) in [5.74, 6) is -0.446. The van der Waals surface area contributed by atoms with Crippen LogP contribution in [0.5, 0.6) is 0 Å². The lowest BCUT2D eigenvalue weighted by atomic mass is 10.1. The van der Waals surface area contributed by atoms with E-state index in [0.717, 1.165) is 5.69 Å². The Balaban J connectivity index is 1.36. The lowest BCUT2D eigenvalue weighted by molar-refractivity contribution is -0.384. The predicted molar refractivity (Wildman–Crippen MR) is 155 cm³/mol. The Morgan fingerprint density at radius 2 is 1.64 bits per heavy atom. The van der Waals surface area contributed by atoms with Gasteiger partial charge >= 0.3 is 0 Å². The molecule has 4 rings (SSSR count). The largest absolute Gasteiger partial charge is 0.378 e. The zero-order valence-electron chi connectivity index (χ0n) is 21.8. The SMILES string of the molecule is CC(C)C(=O)N1CCN(c2ccc(NC(=S)NC(=O)c3ccc(N4CCOCC4)c([N+](=O)[O-])c3)cc2Cl)CC1. The molecule has 0 spiro atoms. The Morgan fingerprint density at radius 3 is 2.26 bits per heavy atom. The zero-order chi connectivity index (χ0) is 28.1. The first-order chi connectivity index (χ1) is 18.6. The van der Waals surface area contributed by atoms with Gasteiger partial charge in [-0.25, -0.2) is 0 Å². The van der Waals surface area contributed by atoms with Gasteiger partial charge in [-0.1, -0.05) is 25.4 Å². The van der Waals surface area contributed by atoms with Crippen molar-refractivity contribution in [2.24, 2.45) is 5.92 Å². The van der Waals surface area contributed by atoms with Crippen molar-refractivity contribution in [3.8, 4) is 0 Å². The van der Waals surface area contributed by atoms with Crippen molar-refractivity contribution in [2.75, 3.05) is 67.6 Å². The number of nitro groups is 1. The molecule has 0 radical (unpaired) electrons. The van der Waals surface area contributed by atoms with Gasteiger partial charge in [0.15, 0.2) is 5.11 Å². The third-order valence-electron chi connectivity index (χ3n) is 6.64. The average Bonchev–Trinajstić information content (AvgIpc) is 2.93. The molecule has 0 aliphatic carbocycles. The predicted octanol–water partition coefficient (Wildman–Crippen LogP) is 3.52. The summed E-state index contributed by atoms with van der Waals surface area (Å²) in [6.07, 6.45) is 0. The summed E-state index contributed by atoms with van der Waals surface area (Å²) < 4.78 is 5.32. The van der Waals surface area contributed by atoms with Crippen LogP contribution < -0.4 is 20.4 Å². The van der Waals surface area contributed by atoms with Gasteiger partial charge in [0.2, 0.25) is 5.91 Å². The summed E-state index contributed by atoms with van der Waals surface area (Å²) in [4.78, 5) is 42.1. The molecule has 2 aromatic carbocycles. The molecule has 0 bridgehead atoms. The molecule has 11 nitrogen and oxygen atoms in total. The van der Waals surface area contributed by atoms with Crippen molar-refractivity contribution in [1.82, 2.24) is 10.2 Å². The number of hydrogen-bond donors (Lipinski definition) is 2. The highest BCUT2D eigenvalue weighted by molar-refractivity contribution is 7.80. The Bertz CT molecular complexity index is 1260. The monoisotopic (exact) mass is 574 g/mol. The number of ether oxygens (including phenoxy) is 1. The molecule has 208 valence electrons. The minimum absolute atomic E-state index is 0.0283. The third kappa shape index (κ3) is 6.94. The summed E-state index contributed by atoms with van der Waals surface area (Å²) >= 11 is 11.8. The van der Waals surface area contributed by atoms with Crippen molar-refractivity contribution in [1.29, 1.82) is 0 Å². The van der Waals surface area contributed by atoms with E-state index in [1.165, 1.54) is 12.1 Å². The number of carbonyl (C=O) groups excluding carboxylic acids is 2. The molecular weight excluding hydrogens is 544 g/mol. The lowest BCUT2D eigenvalue weighted by Gasteiger charge is -2.37. The molecule has 2 saturated heterocycles. The van der Waals surface area contributed by atoms with E-state index >= 15 is 0 Å². The first kappa shape index (κ1) is 28.5. The van der Waals surface area contributed by atoms with Gasteiger partial charge in [0.1, 0.15) is 5.69 Å². The van der Waals surface area contributed by atoms with E-state index in [2.05, 4.69) is 15.5 Å². The van der Waals surface area contributed by atoms with E-state index in [1.54, 1.807) is 18.2 Å². The highest BCUT2D eigenvalue weighted by atomic mass is 35.5. The number of nitrogens with zero attached hydrogens (tertiary/aromatic N) is 4. The van der Waals surface area contributed by atoms with Gasteiger partial charge in [0.25, 0.3) is 11.6 Å². The van der Waals surface area contributed by atoms with Crippen LogP contribution in [0.25, 0.3) is 0 Å². The van der Waals surface area contributed by atoms with Crippen LogP contribution in [0, 0.1) is 16.0 Å². The van der Waals surface area contributed by atoms with E-state index in [1.807, 2.05) is 29.7 Å². The lowest BCUT2D eigenvalue weighted by Crippen LogP contribution is -2.50. The van der Waals surface area contributed by atoms with Crippen molar-refractivity contribution in [2.45, 2.75) is 13.8 Å². The Kier molecular flexibility index (Phi) is 9.20. The number of carbonyl (C=O) groups is 2. The molecule has 0 saturated carbocycles. The highest BCUT2D eigenvalue weighted by Crippen LogP contribution is 2.31. The number of morpholine rings is 1. The molecule has 0 atom stereocenters. The molecule has 39 heavy (non-hydrogen) atoms. The summed E-state index contributed by atoms with van der Waals surface area (Å²) in [5, 5.41) is 17.7. The molecule has 2 aliphatic heterocycles. The summed E-state index contributed by atoms with van der Waals surface area (Å²) in [5.41, 5.74) is 1.84. The van der Waals surface area contributed by atoms with Gasteiger partial charge in [0.05, 0.1) is 28.8 Å². The zero-order valence-corrected chi connectivity index (χ0v) is 23.4. The van der Waals surface area contributed by atoms with Gasteiger partial charge in [-0.2, -0.15) is 0 Å². The number of hydrogen-bond acceptors (Lipinski definition) is 8. The Morgan fingerprint density at radius 1 is 1.00 bits per heavy atom. The number of nitrogens with one attached hydrogen (secondary N) is 2. The quantitative estimate of drug-likeness (QED) is 0.303. The topological polar surface area (TPSA) is 120 Å². The first-order valence-corrected chi connectivity index (χ1v) is 13.5. The van der Waals surface area contributed by atoms with Crippen molar-refractivity contribution in [3.63, 3.8) is 0 Å². The number of thiocarbonyl (C=S) groups is 1. The molecule has 2 aromatic rings. The minimum Gasteiger partial charge on any atom is -0.378 e. The van der Waals surface area contributed by atoms with Crippen molar-refractivity contribution < 1.29 is 19.2 Å². The van der Waals surface area contributed by atoms with Gasteiger partial charge < -0.3 is 24.8 Å². The van der Waals surface area contributed by atoms with E-state index in [-0.39, 0.29) is 28.2 Å². The fourth-order valence-corrected chi connectivity index (χ4v) is 5.10. The molecular formula is C26H31ClN6O5S. The molecule has 2 fully saturated rings. The number of anilines is 3. The van der Waals surface area contributed by atoms with Crippen LogP contribution in [0.4, 0.5) is 22.7 Å². The maximum atomic E-state index is 12.8. The summed E-state index contributed by atoms with van der Waals surface area (Å²) in [6.45, 7) is 8.47. The van der Waals surface area contributed by atoms with Gasteiger partial charge in [-0.15, -0.1) is 0 Å². The van der Waals surface area contributed by atoms with Crippen LogP contribution in [0.3, 0.4) is 0 Å². The maximum Gasteiger partial charge on any atom is 0.293 e. The van der Waals surface area contributed by atoms with Crippen molar-refractivity contribution in [3.05, 3.63) is 57.1 Å². The van der Waals surface area contributed by atoms with Crippen LogP contribution in [0.1, 0.15) is 24.2 Å². The van der Waals surface area contributed by atoms with E-state index < -0.39 is 10.8 Å². The Labute approximate surface area is 237 Å². The second-order valence-electron chi connectivity index (χ2n) is 9.60. The van der Waals surface area contributed by atoms with Gasteiger partial charge in [-0.05, 0) is 42.5 Å². The van der Waals surface area contributed by atoms with Gasteiger partial charge in [-0.3, -0.25) is 25.0 Å². The molecule has 2 amide bonds. The number of amides is 2. The van der Waals surface area contributed by atoms with E-state index in [0.29, 0.717) is 68.9 Å². The van der Waals surface area contributed by atoms with Crippen molar-refractivity contribution >= 4 is 63.5 Å². The standard InChI is InChI=1S/C26H31ClN6O5S/c1-17(2)25(35)32-9-7-30(8-10-32)21-6-4-19(16-20(21)27)28-26(39)29-24(34)18-3-5-22(23(15-18)33(36)37)31-11-13-38-14-12-31/h3-6,15-17H,7-14H2,1-2H3,(H2,28,29,34,39). The van der Waals surface area contributed by atoms with Crippen LogP contribution >= 0.6 is 23.8 Å². The minimum atomic E-state index is -0.569. The average molecular weight is 575 g/mol. The smallest absolute Gasteiger partial charge is 0.293 e. The van der Waals surface area contributed by atoms with Crippen LogP contribution in [-0.4, -0.2) is 79.2 Å². The second kappa shape index (κ2) is 12.6. The normalized spacial score (nSPS) is 15.7. The summed E-state index contributed by atoms with van der Waals surface area (Å²) in [6, 6.07) is 9.74. The van der Waals surface area contributed by atoms with E-state index in [9.17, 15) is 19.7 Å². The number of halogens is 1. The fourth-order valence-electron chi connectivity index (χ4n) is 4.59. The molecule has 13 heteroatoms. The first-order valence-electron chi connectivity index (χ1n) is 12.7. The Hall–Kier alpha value is -3.48. The fraction of sp³-hybridized carbons (Fsp3) is 0.423. The second-order valence-corrected chi connectivity index (χ2v) is 10.4. The molecule has 2 heterocycles. The van der Waals surface area contributed by atoms with E-state index in [4.69, 9.17) is 28.6 Å². The number of rotatable bonds is 6. The number of nitro benzene ring substituents is 1. The molecule has 2 aliphatic rings. The third-order valence-corrected chi connectivity index (χ3v) is 7.15. The molecule has 2 N–H and O–H groups in total. The summed E-state index contributed by atoms with van der Waals surface area (Å²) in [7, 11) is 0. The molecule has 0 unspecified atom stereocenters. The highest BCUT2D eigenvalue weighted by Gasteiger charge is 2.25. The van der Waals surface area contributed by atoms with Gasteiger partial charge in [0, 0.05) is 62.5 Å². The maximum absolute atomic E-state index is 12.8. The number of piperazine rings is 1. The molecule has 0 aromatic heterocycles. The van der Waals surface area contributed by atoms with Crippen LogP contribution in [0.2, 0.25) is 5.02 Å². The van der Waals surface area contributed by atoms with Crippen LogP contribution in [-0.2, 0) is 9.53 Å².